The van der Waals surface area contributed by atoms with Gasteiger partial charge in [-0.25, -0.2) is 4.39 Å². The predicted molar refractivity (Wildman–Crippen MR) is 66.0 cm³/mol. The van der Waals surface area contributed by atoms with Crippen molar-refractivity contribution in [3.63, 3.8) is 0 Å². The van der Waals surface area contributed by atoms with E-state index in [2.05, 4.69) is 5.32 Å². The number of carbonyl (C=O) groups is 2. The second-order valence-corrected chi connectivity index (χ2v) is 3.88. The lowest BCUT2D eigenvalue weighted by molar-refractivity contribution is -0.128. The summed E-state index contributed by atoms with van der Waals surface area (Å²) in [6.45, 7) is 1.23. The number of carbonyl (C=O) groups excluding carboxylic acids is 2. The molecule has 0 radical (unpaired) electrons. The number of hydrogen-bond acceptors (Lipinski definition) is 3. The van der Waals surface area contributed by atoms with Gasteiger partial charge in [-0.15, -0.1) is 0 Å². The van der Waals surface area contributed by atoms with Gasteiger partial charge >= 0.3 is 0 Å². The van der Waals surface area contributed by atoms with E-state index >= 15 is 0 Å². The van der Waals surface area contributed by atoms with Gasteiger partial charge in [0, 0.05) is 5.69 Å². The molecule has 0 aliphatic carbocycles. The van der Waals surface area contributed by atoms with Gasteiger partial charge in [0.15, 0.2) is 0 Å². The van der Waals surface area contributed by atoms with Gasteiger partial charge in [0.1, 0.15) is 17.5 Å². The van der Waals surface area contributed by atoms with Gasteiger partial charge in [0.05, 0.1) is 4.99 Å². The first-order chi connectivity index (χ1) is 7.91. The Balaban J connectivity index is 2.80. The Morgan fingerprint density at radius 3 is 2.29 bits per heavy atom. The average molecular weight is 254 g/mol. The molecule has 0 spiro atoms. The highest BCUT2D eigenvalue weighted by Gasteiger charge is 2.25. The molecular weight excluding hydrogens is 243 g/mol. The third kappa shape index (κ3) is 3.60. The number of Topliss-reactive ketones (excluding diaryl/α,β-unsaturated/α-hetero) is 1. The van der Waals surface area contributed by atoms with Crippen molar-refractivity contribution in [2.24, 2.45) is 11.7 Å². The van der Waals surface area contributed by atoms with Crippen LogP contribution in [0.25, 0.3) is 0 Å². The lowest BCUT2D eigenvalue weighted by Crippen LogP contribution is -2.37. The first-order valence-corrected chi connectivity index (χ1v) is 5.19. The van der Waals surface area contributed by atoms with Crippen LogP contribution in [0.5, 0.6) is 0 Å². The number of rotatable bonds is 4. The van der Waals surface area contributed by atoms with Crippen LogP contribution in [0.15, 0.2) is 24.3 Å². The summed E-state index contributed by atoms with van der Waals surface area (Å²) in [7, 11) is 0. The monoisotopic (exact) mass is 254 g/mol. The number of thiocarbonyl (C=S) groups is 1. The zero-order chi connectivity index (χ0) is 13.0. The molecule has 3 N–H and O–H groups in total. The molecule has 0 fully saturated rings. The maximum absolute atomic E-state index is 12.7. The standard InChI is InChI=1S/C11H11FN2O2S/c1-6(15)9(10(13)16)11(17)14-8-4-2-7(12)3-5-8/h2-5,9H,1H3,(H2,13,16)(H,14,17). The number of benzene rings is 1. The number of nitrogens with two attached hydrogens (primary N) is 1. The largest absolute Gasteiger partial charge is 0.369 e. The Morgan fingerprint density at radius 1 is 1.35 bits per heavy atom. The van der Waals surface area contributed by atoms with Crippen molar-refractivity contribution >= 4 is 34.6 Å². The van der Waals surface area contributed by atoms with Gasteiger partial charge in [-0.2, -0.15) is 0 Å². The minimum atomic E-state index is -1.16. The van der Waals surface area contributed by atoms with Gasteiger partial charge < -0.3 is 11.1 Å². The molecule has 4 nitrogen and oxygen atoms in total. The van der Waals surface area contributed by atoms with E-state index in [1.54, 1.807) is 0 Å². The molecule has 0 aliphatic heterocycles. The molecule has 0 bridgehead atoms. The summed E-state index contributed by atoms with van der Waals surface area (Å²) in [4.78, 5) is 22.2. The topological polar surface area (TPSA) is 72.2 Å². The fraction of sp³-hybridized carbons (Fsp3) is 0.182. The fourth-order valence-corrected chi connectivity index (χ4v) is 1.66. The van der Waals surface area contributed by atoms with Crippen LogP contribution in [0, 0.1) is 11.7 Å². The summed E-state index contributed by atoms with van der Waals surface area (Å²) in [5, 5.41) is 2.68. The molecule has 1 rings (SSSR count). The van der Waals surface area contributed by atoms with Crippen LogP contribution < -0.4 is 11.1 Å². The summed E-state index contributed by atoms with van der Waals surface area (Å²) in [5.41, 5.74) is 5.56. The summed E-state index contributed by atoms with van der Waals surface area (Å²) in [5.74, 6) is -2.79. The van der Waals surface area contributed by atoms with Crippen LogP contribution >= 0.6 is 12.2 Å². The quantitative estimate of drug-likeness (QED) is 0.626. The number of hydrogen-bond donors (Lipinski definition) is 2. The van der Waals surface area contributed by atoms with Gasteiger partial charge in [0.2, 0.25) is 5.91 Å². The fourth-order valence-electron chi connectivity index (χ4n) is 1.26. The highest BCUT2D eigenvalue weighted by atomic mass is 32.1. The third-order valence-electron chi connectivity index (χ3n) is 2.06. The third-order valence-corrected chi connectivity index (χ3v) is 2.40. The predicted octanol–water partition coefficient (Wildman–Crippen LogP) is 1.26. The maximum Gasteiger partial charge on any atom is 0.234 e. The molecule has 0 aromatic heterocycles. The Bertz CT molecular complexity index is 445. The van der Waals surface area contributed by atoms with Crippen molar-refractivity contribution in [1.82, 2.24) is 0 Å². The molecular formula is C11H11FN2O2S. The molecule has 0 saturated carbocycles. The highest BCUT2D eigenvalue weighted by Crippen LogP contribution is 2.11. The Labute approximate surface area is 103 Å². The minimum absolute atomic E-state index is 0.0107. The number of halogens is 1. The molecule has 1 amide bonds. The van der Waals surface area contributed by atoms with E-state index in [-0.39, 0.29) is 10.8 Å². The molecule has 0 heterocycles. The molecule has 0 aliphatic rings. The van der Waals surface area contributed by atoms with E-state index in [1.807, 2.05) is 0 Å². The van der Waals surface area contributed by atoms with Crippen LogP contribution in [0.2, 0.25) is 0 Å². The zero-order valence-electron chi connectivity index (χ0n) is 9.07. The van der Waals surface area contributed by atoms with E-state index in [4.69, 9.17) is 18.0 Å². The lowest BCUT2D eigenvalue weighted by Gasteiger charge is -2.13. The summed E-state index contributed by atoms with van der Waals surface area (Å²) >= 11 is 4.92. The van der Waals surface area contributed by atoms with E-state index in [0.29, 0.717) is 5.69 Å². The molecule has 1 atom stereocenters. The normalized spacial score (nSPS) is 11.6. The van der Waals surface area contributed by atoms with Crippen LogP contribution in [0.4, 0.5) is 10.1 Å². The number of primary amides is 1. The minimum Gasteiger partial charge on any atom is -0.369 e. The SMILES string of the molecule is CC(=O)C(C(N)=O)C(=S)Nc1ccc(F)cc1. The molecule has 1 aromatic rings. The zero-order valence-corrected chi connectivity index (χ0v) is 9.88. The lowest BCUT2D eigenvalue weighted by atomic mass is 10.0. The molecule has 6 heteroatoms. The molecule has 1 aromatic carbocycles. The van der Waals surface area contributed by atoms with Gasteiger partial charge in [-0.05, 0) is 31.2 Å². The molecule has 90 valence electrons. The average Bonchev–Trinajstić information content (AvgIpc) is 2.20. The maximum atomic E-state index is 12.7. The molecule has 17 heavy (non-hydrogen) atoms. The van der Waals surface area contributed by atoms with Gasteiger partial charge in [0.25, 0.3) is 0 Å². The first kappa shape index (κ1) is 13.2. The van der Waals surface area contributed by atoms with E-state index in [9.17, 15) is 14.0 Å². The van der Waals surface area contributed by atoms with E-state index in [0.717, 1.165) is 0 Å². The van der Waals surface area contributed by atoms with Crippen LogP contribution in [-0.2, 0) is 9.59 Å². The van der Waals surface area contributed by atoms with E-state index in [1.165, 1.54) is 31.2 Å². The summed E-state index contributed by atoms with van der Waals surface area (Å²) in [6.07, 6.45) is 0. The van der Waals surface area contributed by atoms with Crippen molar-refractivity contribution in [1.29, 1.82) is 0 Å². The van der Waals surface area contributed by atoms with Crippen LogP contribution in [-0.4, -0.2) is 16.7 Å². The second kappa shape index (κ2) is 5.49. The molecule has 0 saturated heterocycles. The number of nitrogens with one attached hydrogen (secondary N) is 1. The van der Waals surface area contributed by atoms with Crippen molar-refractivity contribution in [3.05, 3.63) is 30.1 Å². The first-order valence-electron chi connectivity index (χ1n) is 4.78. The van der Waals surface area contributed by atoms with Crippen LogP contribution in [0.1, 0.15) is 6.92 Å². The highest BCUT2D eigenvalue weighted by molar-refractivity contribution is 7.80. The van der Waals surface area contributed by atoms with Crippen molar-refractivity contribution in [2.75, 3.05) is 5.32 Å². The van der Waals surface area contributed by atoms with Crippen molar-refractivity contribution in [2.45, 2.75) is 6.92 Å². The number of ketones is 1. The second-order valence-electron chi connectivity index (χ2n) is 3.44. The Morgan fingerprint density at radius 2 is 1.88 bits per heavy atom. The van der Waals surface area contributed by atoms with Crippen LogP contribution in [0.3, 0.4) is 0 Å². The molecule has 1 unspecified atom stereocenters. The Kier molecular flexibility index (Phi) is 4.28. The van der Waals surface area contributed by atoms with Crippen molar-refractivity contribution in [3.8, 4) is 0 Å². The Hall–Kier alpha value is -1.82. The smallest absolute Gasteiger partial charge is 0.234 e. The van der Waals surface area contributed by atoms with Gasteiger partial charge in [-0.1, -0.05) is 12.2 Å². The number of amides is 1. The number of anilines is 1. The van der Waals surface area contributed by atoms with Gasteiger partial charge in [-0.3, -0.25) is 9.59 Å². The summed E-state index contributed by atoms with van der Waals surface area (Å²) in [6, 6.07) is 5.36. The van der Waals surface area contributed by atoms with E-state index < -0.39 is 17.6 Å². The summed E-state index contributed by atoms with van der Waals surface area (Å²) < 4.78 is 12.7. The van der Waals surface area contributed by atoms with Crippen molar-refractivity contribution < 1.29 is 14.0 Å².